The van der Waals surface area contributed by atoms with Crippen LogP contribution in [0.4, 0.5) is 0 Å². The summed E-state index contributed by atoms with van der Waals surface area (Å²) >= 11 is 0. The van der Waals surface area contributed by atoms with Gasteiger partial charge >= 0.3 is 0 Å². The van der Waals surface area contributed by atoms with Crippen LogP contribution in [0.2, 0.25) is 0 Å². The molecule has 1 heterocycles. The lowest BCUT2D eigenvalue weighted by Gasteiger charge is -2.33. The van der Waals surface area contributed by atoms with Crippen LogP contribution in [-0.2, 0) is 10.3 Å². The zero-order valence-electron chi connectivity index (χ0n) is 14.8. The molecule has 1 aliphatic rings. The molecule has 130 valence electrons. The molecule has 1 aliphatic heterocycles. The molecule has 0 saturated carbocycles. The van der Waals surface area contributed by atoms with Gasteiger partial charge < -0.3 is 10.5 Å². The molecule has 2 N–H and O–H groups in total. The second kappa shape index (κ2) is 6.59. The van der Waals surface area contributed by atoms with E-state index in [-0.39, 0.29) is 11.9 Å². The zero-order chi connectivity index (χ0) is 18.0. The van der Waals surface area contributed by atoms with Crippen molar-refractivity contribution in [1.82, 2.24) is 4.90 Å². The number of aliphatic imine (C=N–C) groups is 1. The van der Waals surface area contributed by atoms with Crippen molar-refractivity contribution in [1.29, 1.82) is 0 Å². The normalized spacial score (nSPS) is 20.4. The monoisotopic (exact) mass is 337 g/mol. The highest BCUT2D eigenvalue weighted by molar-refractivity contribution is 5.98. The fourth-order valence-electron chi connectivity index (χ4n) is 3.04. The van der Waals surface area contributed by atoms with Gasteiger partial charge in [0.25, 0.3) is 0 Å². The number of nitrogens with two attached hydrogens (primary N) is 1. The van der Waals surface area contributed by atoms with Crippen molar-refractivity contribution in [3.63, 3.8) is 0 Å². The standard InChI is InChI=1S/C20H23N3O2/c1-4-25-17-10-6-8-15(12-17)14-7-5-9-16(11-14)20(2)13-18(24)23(3)19(21)22-20/h5-12H,4,13H2,1-3H3,(H2,21,22). The van der Waals surface area contributed by atoms with Crippen molar-refractivity contribution in [3.8, 4) is 16.9 Å². The molecule has 0 saturated heterocycles. The maximum atomic E-state index is 12.2. The molecule has 25 heavy (non-hydrogen) atoms. The fraction of sp³-hybridized carbons (Fsp3) is 0.300. The fourth-order valence-corrected chi connectivity index (χ4v) is 3.04. The van der Waals surface area contributed by atoms with Crippen LogP contribution in [0.1, 0.15) is 25.8 Å². The third kappa shape index (κ3) is 3.36. The van der Waals surface area contributed by atoms with E-state index in [9.17, 15) is 4.79 Å². The van der Waals surface area contributed by atoms with Crippen LogP contribution in [0.25, 0.3) is 11.1 Å². The molecule has 5 nitrogen and oxygen atoms in total. The average molecular weight is 337 g/mol. The number of hydrogen-bond acceptors (Lipinski definition) is 4. The smallest absolute Gasteiger partial charge is 0.231 e. The largest absolute Gasteiger partial charge is 0.494 e. The second-order valence-corrected chi connectivity index (χ2v) is 6.42. The Labute approximate surface area is 148 Å². The Morgan fingerprint density at radius 1 is 1.20 bits per heavy atom. The Morgan fingerprint density at radius 3 is 2.56 bits per heavy atom. The lowest BCUT2D eigenvalue weighted by Crippen LogP contribution is -2.47. The Bertz CT molecular complexity index is 831. The lowest BCUT2D eigenvalue weighted by molar-refractivity contribution is -0.128. The molecule has 1 atom stereocenters. The van der Waals surface area contributed by atoms with Gasteiger partial charge in [0.05, 0.1) is 18.6 Å². The van der Waals surface area contributed by atoms with Crippen LogP contribution >= 0.6 is 0 Å². The molecular weight excluding hydrogens is 314 g/mol. The van der Waals surface area contributed by atoms with Gasteiger partial charge in [0, 0.05) is 7.05 Å². The molecular formula is C20H23N3O2. The van der Waals surface area contributed by atoms with E-state index >= 15 is 0 Å². The summed E-state index contributed by atoms with van der Waals surface area (Å²) in [6, 6.07) is 16.1. The van der Waals surface area contributed by atoms with Gasteiger partial charge in [-0.25, -0.2) is 4.99 Å². The van der Waals surface area contributed by atoms with Gasteiger partial charge in [-0.1, -0.05) is 30.3 Å². The van der Waals surface area contributed by atoms with Crippen LogP contribution in [-0.4, -0.2) is 30.4 Å². The molecule has 3 rings (SSSR count). The molecule has 0 bridgehead atoms. The van der Waals surface area contributed by atoms with E-state index in [0.717, 1.165) is 22.4 Å². The number of carbonyl (C=O) groups is 1. The van der Waals surface area contributed by atoms with Crippen molar-refractivity contribution in [2.75, 3.05) is 13.7 Å². The minimum Gasteiger partial charge on any atom is -0.494 e. The quantitative estimate of drug-likeness (QED) is 0.932. The maximum Gasteiger partial charge on any atom is 0.231 e. The van der Waals surface area contributed by atoms with E-state index in [1.807, 2.05) is 56.3 Å². The molecule has 0 aromatic heterocycles. The minimum absolute atomic E-state index is 0.0289. The summed E-state index contributed by atoms with van der Waals surface area (Å²) in [5.41, 5.74) is 8.36. The molecule has 1 amide bonds. The minimum atomic E-state index is -0.652. The van der Waals surface area contributed by atoms with Crippen molar-refractivity contribution in [3.05, 3.63) is 54.1 Å². The molecule has 2 aromatic rings. The number of rotatable bonds is 4. The topological polar surface area (TPSA) is 67.9 Å². The Hall–Kier alpha value is -2.82. The van der Waals surface area contributed by atoms with Crippen molar-refractivity contribution in [2.24, 2.45) is 10.7 Å². The second-order valence-electron chi connectivity index (χ2n) is 6.42. The van der Waals surface area contributed by atoms with Crippen molar-refractivity contribution < 1.29 is 9.53 Å². The van der Waals surface area contributed by atoms with Gasteiger partial charge in [0.15, 0.2) is 5.96 Å². The molecule has 0 radical (unpaired) electrons. The highest BCUT2D eigenvalue weighted by atomic mass is 16.5. The van der Waals surface area contributed by atoms with E-state index in [0.29, 0.717) is 13.0 Å². The highest BCUT2D eigenvalue weighted by Gasteiger charge is 2.36. The first-order valence-corrected chi connectivity index (χ1v) is 8.38. The van der Waals surface area contributed by atoms with Crippen LogP contribution in [0.5, 0.6) is 5.75 Å². The molecule has 1 unspecified atom stereocenters. The summed E-state index contributed by atoms with van der Waals surface area (Å²) < 4.78 is 5.59. The predicted molar refractivity (Wildman–Crippen MR) is 99.4 cm³/mol. The summed E-state index contributed by atoms with van der Waals surface area (Å²) in [4.78, 5) is 18.2. The molecule has 0 spiro atoms. The number of ether oxygens (including phenoxy) is 1. The average Bonchev–Trinajstić information content (AvgIpc) is 2.60. The third-order valence-corrected chi connectivity index (χ3v) is 4.54. The van der Waals surface area contributed by atoms with Gasteiger partial charge in [-0.3, -0.25) is 9.69 Å². The predicted octanol–water partition coefficient (Wildman–Crippen LogP) is 3.14. The summed E-state index contributed by atoms with van der Waals surface area (Å²) in [5.74, 6) is 1.06. The third-order valence-electron chi connectivity index (χ3n) is 4.54. The Morgan fingerprint density at radius 2 is 1.88 bits per heavy atom. The van der Waals surface area contributed by atoms with Gasteiger partial charge in [-0.05, 0) is 48.7 Å². The first kappa shape index (κ1) is 17.0. The van der Waals surface area contributed by atoms with Gasteiger partial charge in [-0.15, -0.1) is 0 Å². The molecule has 0 aliphatic carbocycles. The van der Waals surface area contributed by atoms with Gasteiger partial charge in [0.1, 0.15) is 5.75 Å². The van der Waals surface area contributed by atoms with Crippen LogP contribution in [0.15, 0.2) is 53.5 Å². The van der Waals surface area contributed by atoms with Crippen molar-refractivity contribution >= 4 is 11.9 Å². The van der Waals surface area contributed by atoms with Gasteiger partial charge in [-0.2, -0.15) is 0 Å². The highest BCUT2D eigenvalue weighted by Crippen LogP contribution is 2.35. The van der Waals surface area contributed by atoms with Crippen LogP contribution in [0.3, 0.4) is 0 Å². The van der Waals surface area contributed by atoms with Crippen LogP contribution < -0.4 is 10.5 Å². The summed E-state index contributed by atoms with van der Waals surface area (Å²) in [6.45, 7) is 4.54. The number of carbonyl (C=O) groups excluding carboxylic acids is 1. The number of hydrogen-bond donors (Lipinski definition) is 1. The van der Waals surface area contributed by atoms with E-state index in [1.54, 1.807) is 7.05 Å². The number of nitrogens with zero attached hydrogens (tertiary/aromatic N) is 2. The van der Waals surface area contributed by atoms with E-state index in [2.05, 4.69) is 11.1 Å². The first-order chi connectivity index (χ1) is 11.9. The molecule has 0 fully saturated rings. The van der Waals surface area contributed by atoms with Crippen LogP contribution in [0, 0.1) is 0 Å². The zero-order valence-corrected chi connectivity index (χ0v) is 14.8. The van der Waals surface area contributed by atoms with Crippen molar-refractivity contribution in [2.45, 2.75) is 25.8 Å². The number of guanidine groups is 1. The van der Waals surface area contributed by atoms with E-state index in [4.69, 9.17) is 10.5 Å². The van der Waals surface area contributed by atoms with E-state index in [1.165, 1.54) is 4.90 Å². The Kier molecular flexibility index (Phi) is 4.49. The van der Waals surface area contributed by atoms with Gasteiger partial charge in [0.2, 0.25) is 5.91 Å². The number of benzene rings is 2. The Balaban J connectivity index is 2.00. The summed E-state index contributed by atoms with van der Waals surface area (Å²) in [7, 11) is 1.65. The lowest BCUT2D eigenvalue weighted by atomic mass is 9.86. The van der Waals surface area contributed by atoms with E-state index < -0.39 is 5.54 Å². The number of amides is 1. The molecule has 5 heteroatoms. The maximum absolute atomic E-state index is 12.2. The summed E-state index contributed by atoms with van der Waals surface area (Å²) in [6.07, 6.45) is 0.298. The summed E-state index contributed by atoms with van der Waals surface area (Å²) in [5, 5.41) is 0. The first-order valence-electron chi connectivity index (χ1n) is 8.38. The molecule has 2 aromatic carbocycles. The SMILES string of the molecule is CCOc1cccc(-c2cccc(C3(C)CC(=O)N(C)C(N)=N3)c2)c1.